The standard InChI is InChI=1S/C18H18N2O2/c1-3-16(13-7-5-4-6-8-13)18-19-17(20-22-18)14-9-11-15(21-2)12-10-14/h4-12,16H,3H2,1-2H3. The number of hydrogen-bond acceptors (Lipinski definition) is 4. The van der Waals surface area contributed by atoms with E-state index in [1.807, 2.05) is 42.5 Å². The van der Waals surface area contributed by atoms with Crippen LogP contribution in [0, 0.1) is 0 Å². The number of methoxy groups -OCH3 is 1. The molecule has 4 nitrogen and oxygen atoms in total. The van der Waals surface area contributed by atoms with E-state index < -0.39 is 0 Å². The molecule has 3 aromatic rings. The minimum absolute atomic E-state index is 0.126. The zero-order chi connectivity index (χ0) is 15.4. The number of ether oxygens (including phenoxy) is 1. The molecule has 0 radical (unpaired) electrons. The van der Waals surface area contributed by atoms with Crippen molar-refractivity contribution in [3.63, 3.8) is 0 Å². The third-order valence-corrected chi connectivity index (χ3v) is 3.70. The number of rotatable bonds is 5. The van der Waals surface area contributed by atoms with Crippen molar-refractivity contribution in [3.8, 4) is 17.1 Å². The number of aromatic nitrogens is 2. The monoisotopic (exact) mass is 294 g/mol. The Bertz CT molecular complexity index is 720. The van der Waals surface area contributed by atoms with Gasteiger partial charge in [-0.05, 0) is 36.2 Å². The van der Waals surface area contributed by atoms with Crippen LogP contribution in [0.2, 0.25) is 0 Å². The third-order valence-electron chi connectivity index (χ3n) is 3.70. The first kappa shape index (κ1) is 14.3. The van der Waals surface area contributed by atoms with Crippen LogP contribution in [-0.2, 0) is 0 Å². The zero-order valence-corrected chi connectivity index (χ0v) is 12.7. The van der Waals surface area contributed by atoms with E-state index in [4.69, 9.17) is 9.26 Å². The van der Waals surface area contributed by atoms with Gasteiger partial charge in [-0.25, -0.2) is 0 Å². The smallest absolute Gasteiger partial charge is 0.234 e. The van der Waals surface area contributed by atoms with Crippen LogP contribution in [0.15, 0.2) is 59.1 Å². The van der Waals surface area contributed by atoms with Crippen molar-refractivity contribution < 1.29 is 9.26 Å². The summed E-state index contributed by atoms with van der Waals surface area (Å²) in [6.07, 6.45) is 0.911. The molecule has 0 aliphatic rings. The molecule has 0 amide bonds. The summed E-state index contributed by atoms with van der Waals surface area (Å²) < 4.78 is 10.7. The minimum atomic E-state index is 0.126. The molecule has 0 saturated heterocycles. The second-order valence-electron chi connectivity index (χ2n) is 5.06. The lowest BCUT2D eigenvalue weighted by atomic mass is 9.96. The van der Waals surface area contributed by atoms with Crippen LogP contribution in [0.25, 0.3) is 11.4 Å². The molecule has 22 heavy (non-hydrogen) atoms. The second kappa shape index (κ2) is 6.43. The lowest BCUT2D eigenvalue weighted by Gasteiger charge is -2.09. The fourth-order valence-electron chi connectivity index (χ4n) is 2.47. The Hall–Kier alpha value is -2.62. The summed E-state index contributed by atoms with van der Waals surface area (Å²) in [7, 11) is 1.65. The van der Waals surface area contributed by atoms with Gasteiger partial charge in [-0.3, -0.25) is 0 Å². The molecule has 0 saturated carbocycles. The van der Waals surface area contributed by atoms with Gasteiger partial charge in [0.15, 0.2) is 0 Å². The fourth-order valence-corrected chi connectivity index (χ4v) is 2.47. The van der Waals surface area contributed by atoms with Crippen LogP contribution in [0.1, 0.15) is 30.7 Å². The average Bonchev–Trinajstić information content (AvgIpc) is 3.06. The summed E-state index contributed by atoms with van der Waals surface area (Å²) in [5.74, 6) is 2.19. The summed E-state index contributed by atoms with van der Waals surface area (Å²) in [5.41, 5.74) is 2.11. The lowest BCUT2D eigenvalue weighted by molar-refractivity contribution is 0.363. The Labute approximate surface area is 129 Å². The third kappa shape index (κ3) is 2.86. The van der Waals surface area contributed by atoms with Gasteiger partial charge in [0.1, 0.15) is 5.75 Å². The molecule has 0 spiro atoms. The Morgan fingerprint density at radius 2 is 1.77 bits per heavy atom. The van der Waals surface area contributed by atoms with Crippen LogP contribution < -0.4 is 4.74 Å². The molecule has 2 aromatic carbocycles. The SMILES string of the molecule is CCC(c1ccccc1)c1nc(-c2ccc(OC)cc2)no1. The van der Waals surface area contributed by atoms with E-state index in [1.165, 1.54) is 5.56 Å². The van der Waals surface area contributed by atoms with Crippen LogP contribution in [0.4, 0.5) is 0 Å². The molecule has 1 atom stereocenters. The topological polar surface area (TPSA) is 48.2 Å². The highest BCUT2D eigenvalue weighted by molar-refractivity contribution is 5.55. The quantitative estimate of drug-likeness (QED) is 0.704. The van der Waals surface area contributed by atoms with Crippen molar-refractivity contribution in [2.45, 2.75) is 19.3 Å². The number of hydrogen-bond donors (Lipinski definition) is 0. The maximum atomic E-state index is 5.49. The predicted molar refractivity (Wildman–Crippen MR) is 84.9 cm³/mol. The highest BCUT2D eigenvalue weighted by Gasteiger charge is 2.19. The summed E-state index contributed by atoms with van der Waals surface area (Å²) in [4.78, 5) is 4.56. The minimum Gasteiger partial charge on any atom is -0.497 e. The molecule has 1 unspecified atom stereocenters. The van der Waals surface area contributed by atoms with Crippen LogP contribution in [-0.4, -0.2) is 17.3 Å². The molecule has 0 N–H and O–H groups in total. The molecule has 0 fully saturated rings. The second-order valence-corrected chi connectivity index (χ2v) is 5.06. The first-order chi connectivity index (χ1) is 10.8. The molecule has 0 aliphatic carbocycles. The van der Waals surface area contributed by atoms with Gasteiger partial charge in [-0.15, -0.1) is 0 Å². The number of nitrogens with zero attached hydrogens (tertiary/aromatic N) is 2. The van der Waals surface area contributed by atoms with Gasteiger partial charge in [0.25, 0.3) is 0 Å². The predicted octanol–water partition coefficient (Wildman–Crippen LogP) is 4.29. The van der Waals surface area contributed by atoms with E-state index in [1.54, 1.807) is 7.11 Å². The van der Waals surface area contributed by atoms with Crippen molar-refractivity contribution in [2.75, 3.05) is 7.11 Å². The Morgan fingerprint density at radius 1 is 1.05 bits per heavy atom. The first-order valence-electron chi connectivity index (χ1n) is 7.34. The van der Waals surface area contributed by atoms with Crippen LogP contribution in [0.3, 0.4) is 0 Å². The van der Waals surface area contributed by atoms with E-state index in [9.17, 15) is 0 Å². The van der Waals surface area contributed by atoms with Gasteiger partial charge in [0, 0.05) is 5.56 Å². The van der Waals surface area contributed by atoms with Gasteiger partial charge in [0.05, 0.1) is 13.0 Å². The molecule has 112 valence electrons. The first-order valence-corrected chi connectivity index (χ1v) is 7.34. The molecule has 0 aliphatic heterocycles. The van der Waals surface area contributed by atoms with E-state index in [-0.39, 0.29) is 5.92 Å². The number of benzene rings is 2. The Morgan fingerprint density at radius 3 is 2.41 bits per heavy atom. The van der Waals surface area contributed by atoms with Gasteiger partial charge in [0.2, 0.25) is 11.7 Å². The molecule has 1 heterocycles. The van der Waals surface area contributed by atoms with E-state index in [0.717, 1.165) is 17.7 Å². The summed E-state index contributed by atoms with van der Waals surface area (Å²) in [5, 5.41) is 4.11. The average molecular weight is 294 g/mol. The van der Waals surface area contributed by atoms with Gasteiger partial charge < -0.3 is 9.26 Å². The summed E-state index contributed by atoms with van der Waals surface area (Å²) in [6.45, 7) is 2.12. The van der Waals surface area contributed by atoms with Crippen LogP contribution >= 0.6 is 0 Å². The Kier molecular flexibility index (Phi) is 4.19. The maximum absolute atomic E-state index is 5.49. The highest BCUT2D eigenvalue weighted by atomic mass is 16.5. The normalized spacial score (nSPS) is 12.1. The van der Waals surface area contributed by atoms with Crippen molar-refractivity contribution in [3.05, 3.63) is 66.1 Å². The largest absolute Gasteiger partial charge is 0.497 e. The molecular weight excluding hydrogens is 276 g/mol. The molecule has 0 bridgehead atoms. The van der Waals surface area contributed by atoms with Gasteiger partial charge in [-0.2, -0.15) is 4.98 Å². The van der Waals surface area contributed by atoms with Crippen LogP contribution in [0.5, 0.6) is 5.75 Å². The van der Waals surface area contributed by atoms with Crippen molar-refractivity contribution >= 4 is 0 Å². The molecule has 3 rings (SSSR count). The maximum Gasteiger partial charge on any atom is 0.234 e. The molecular formula is C18H18N2O2. The van der Waals surface area contributed by atoms with E-state index >= 15 is 0 Å². The van der Waals surface area contributed by atoms with Gasteiger partial charge >= 0.3 is 0 Å². The lowest BCUT2D eigenvalue weighted by Crippen LogP contribution is -1.99. The fraction of sp³-hybridized carbons (Fsp3) is 0.222. The Balaban J connectivity index is 1.88. The molecule has 1 aromatic heterocycles. The summed E-state index contributed by atoms with van der Waals surface area (Å²) >= 11 is 0. The zero-order valence-electron chi connectivity index (χ0n) is 12.7. The van der Waals surface area contributed by atoms with Crippen molar-refractivity contribution in [1.29, 1.82) is 0 Å². The van der Waals surface area contributed by atoms with Crippen molar-refractivity contribution in [2.24, 2.45) is 0 Å². The molecule has 4 heteroatoms. The summed E-state index contributed by atoms with van der Waals surface area (Å²) in [6, 6.07) is 17.9. The van der Waals surface area contributed by atoms with E-state index in [2.05, 4.69) is 29.2 Å². The highest BCUT2D eigenvalue weighted by Crippen LogP contribution is 2.28. The van der Waals surface area contributed by atoms with Gasteiger partial charge in [-0.1, -0.05) is 42.4 Å². The van der Waals surface area contributed by atoms with Crippen molar-refractivity contribution in [1.82, 2.24) is 10.1 Å². The van der Waals surface area contributed by atoms with E-state index in [0.29, 0.717) is 11.7 Å².